The van der Waals surface area contributed by atoms with Crippen molar-refractivity contribution in [2.24, 2.45) is 0 Å². The number of urea groups is 1. The molecule has 0 bridgehead atoms. The Morgan fingerprint density at radius 2 is 1.89 bits per heavy atom. The molecule has 2 aromatic rings. The summed E-state index contributed by atoms with van der Waals surface area (Å²) in [4.78, 5) is 51.1. The van der Waals surface area contributed by atoms with Crippen LogP contribution in [0.15, 0.2) is 42.0 Å². The van der Waals surface area contributed by atoms with E-state index < -0.39 is 36.2 Å². The van der Waals surface area contributed by atoms with E-state index in [9.17, 15) is 23.6 Å². The summed E-state index contributed by atoms with van der Waals surface area (Å²) < 4.78 is 23.9. The molecule has 2 N–H and O–H groups in total. The molecule has 11 heteroatoms. The highest BCUT2D eigenvalue weighted by Gasteiger charge is 2.40. The molecule has 1 aliphatic carbocycles. The van der Waals surface area contributed by atoms with E-state index in [1.807, 2.05) is 0 Å². The Morgan fingerprint density at radius 1 is 1.19 bits per heavy atom. The van der Waals surface area contributed by atoms with Gasteiger partial charge in [-0.3, -0.25) is 24.6 Å². The quantitative estimate of drug-likeness (QED) is 0.427. The minimum absolute atomic E-state index is 0.0724. The second-order valence-electron chi connectivity index (χ2n) is 8.31. The molecular weight excluding hydrogens is 493 g/mol. The van der Waals surface area contributed by atoms with Crippen molar-refractivity contribution in [2.45, 2.75) is 31.7 Å². The summed E-state index contributed by atoms with van der Waals surface area (Å²) in [6, 6.07) is 7.22. The molecule has 9 nitrogen and oxygen atoms in total. The van der Waals surface area contributed by atoms with Crippen LogP contribution >= 0.6 is 11.6 Å². The molecule has 0 spiro atoms. The van der Waals surface area contributed by atoms with Crippen molar-refractivity contribution in [1.82, 2.24) is 10.2 Å². The van der Waals surface area contributed by atoms with E-state index in [2.05, 4.69) is 10.6 Å². The number of nitrogens with one attached hydrogen (secondary N) is 2. The monoisotopic (exact) mass is 515 g/mol. The third kappa shape index (κ3) is 5.49. The third-order valence-electron chi connectivity index (χ3n) is 5.86. The lowest BCUT2D eigenvalue weighted by Gasteiger charge is -2.31. The predicted octanol–water partition coefficient (Wildman–Crippen LogP) is 3.91. The van der Waals surface area contributed by atoms with Crippen molar-refractivity contribution in [1.29, 1.82) is 0 Å². The highest BCUT2D eigenvalue weighted by Crippen LogP contribution is 2.37. The molecule has 2 fully saturated rings. The van der Waals surface area contributed by atoms with Gasteiger partial charge in [-0.1, -0.05) is 24.4 Å². The van der Waals surface area contributed by atoms with Gasteiger partial charge in [-0.25, -0.2) is 9.18 Å². The summed E-state index contributed by atoms with van der Waals surface area (Å²) >= 11 is 6.36. The van der Waals surface area contributed by atoms with Gasteiger partial charge < -0.3 is 14.8 Å². The first-order chi connectivity index (χ1) is 17.3. The van der Waals surface area contributed by atoms with Crippen LogP contribution in [0.5, 0.6) is 11.5 Å². The van der Waals surface area contributed by atoms with Gasteiger partial charge in [-0.2, -0.15) is 0 Å². The Kier molecular flexibility index (Phi) is 7.54. The number of barbiturate groups is 1. The van der Waals surface area contributed by atoms with Crippen LogP contribution in [-0.2, 0) is 14.4 Å². The van der Waals surface area contributed by atoms with Gasteiger partial charge in [0.15, 0.2) is 18.1 Å². The Balaban J connectivity index is 1.51. The normalized spacial score (nSPS) is 17.4. The number of amides is 5. The summed E-state index contributed by atoms with van der Waals surface area (Å²) in [5.41, 5.74) is 0.553. The van der Waals surface area contributed by atoms with Crippen LogP contribution in [0, 0.1) is 5.82 Å². The smallest absolute Gasteiger partial charge is 0.331 e. The van der Waals surface area contributed by atoms with Gasteiger partial charge in [0, 0.05) is 11.7 Å². The standard InChI is InChI=1S/C25H23ClFN3O6/c1-35-20-12-14(10-18-23(32)29-25(34)30(24(18)33)17-4-2-3-5-17)11-19(26)22(20)36-13-21(31)28-16-8-6-15(27)7-9-16/h6-12,17H,2-5,13H2,1H3,(H,28,31)(H,29,32,34)/b18-10+. The number of methoxy groups -OCH3 is 1. The summed E-state index contributed by atoms with van der Waals surface area (Å²) in [6.45, 7) is -0.409. The Labute approximate surface area is 211 Å². The highest BCUT2D eigenvalue weighted by molar-refractivity contribution is 6.33. The van der Waals surface area contributed by atoms with Crippen LogP contribution in [0.3, 0.4) is 0 Å². The summed E-state index contributed by atoms with van der Waals surface area (Å²) in [6.07, 6.45) is 4.53. The number of halogens is 2. The van der Waals surface area contributed by atoms with Gasteiger partial charge in [0.05, 0.1) is 12.1 Å². The van der Waals surface area contributed by atoms with Gasteiger partial charge in [0.25, 0.3) is 17.7 Å². The third-order valence-corrected chi connectivity index (χ3v) is 6.14. The maximum Gasteiger partial charge on any atom is 0.331 e. The number of ether oxygens (including phenoxy) is 2. The highest BCUT2D eigenvalue weighted by atomic mass is 35.5. The largest absolute Gasteiger partial charge is 0.493 e. The van der Waals surface area contributed by atoms with E-state index in [4.69, 9.17) is 21.1 Å². The lowest BCUT2D eigenvalue weighted by Crippen LogP contribution is -2.57. The van der Waals surface area contributed by atoms with Crippen LogP contribution < -0.4 is 20.1 Å². The van der Waals surface area contributed by atoms with Crippen molar-refractivity contribution in [3.63, 3.8) is 0 Å². The van der Waals surface area contributed by atoms with Gasteiger partial charge in [0.1, 0.15) is 11.4 Å². The lowest BCUT2D eigenvalue weighted by atomic mass is 10.0. The van der Waals surface area contributed by atoms with Crippen molar-refractivity contribution >= 4 is 47.1 Å². The molecule has 0 atom stereocenters. The van der Waals surface area contributed by atoms with Crippen LogP contribution in [0.25, 0.3) is 6.08 Å². The lowest BCUT2D eigenvalue weighted by molar-refractivity contribution is -0.131. The molecule has 2 aromatic carbocycles. The first-order valence-corrected chi connectivity index (χ1v) is 11.6. The number of benzene rings is 2. The van der Waals surface area contributed by atoms with Gasteiger partial charge in [-0.15, -0.1) is 0 Å². The van der Waals surface area contributed by atoms with E-state index in [0.717, 1.165) is 17.7 Å². The average Bonchev–Trinajstić information content (AvgIpc) is 3.36. The van der Waals surface area contributed by atoms with E-state index >= 15 is 0 Å². The molecule has 1 saturated carbocycles. The second-order valence-corrected chi connectivity index (χ2v) is 8.72. The zero-order chi connectivity index (χ0) is 25.8. The molecule has 0 aromatic heterocycles. The number of carbonyl (C=O) groups is 4. The predicted molar refractivity (Wildman–Crippen MR) is 129 cm³/mol. The molecule has 1 heterocycles. The van der Waals surface area contributed by atoms with Crippen molar-refractivity contribution in [2.75, 3.05) is 19.0 Å². The van der Waals surface area contributed by atoms with Crippen LogP contribution in [0.1, 0.15) is 31.2 Å². The summed E-state index contributed by atoms with van der Waals surface area (Å²) in [5, 5.41) is 4.86. The maximum absolute atomic E-state index is 13.0. The Hall–Kier alpha value is -3.92. The van der Waals surface area contributed by atoms with Crippen molar-refractivity contribution in [3.05, 3.63) is 58.4 Å². The first kappa shape index (κ1) is 25.2. The number of hydrogen-bond acceptors (Lipinski definition) is 6. The first-order valence-electron chi connectivity index (χ1n) is 11.2. The minimum Gasteiger partial charge on any atom is -0.493 e. The van der Waals surface area contributed by atoms with E-state index in [1.165, 1.54) is 49.6 Å². The SMILES string of the molecule is COc1cc(/C=C2\C(=O)NC(=O)N(C3CCCC3)C2=O)cc(Cl)c1OCC(=O)Nc1ccc(F)cc1. The molecule has 36 heavy (non-hydrogen) atoms. The molecule has 1 saturated heterocycles. The zero-order valence-electron chi connectivity index (χ0n) is 19.3. The van der Waals surface area contributed by atoms with Gasteiger partial charge in [-0.05, 0) is 60.9 Å². The fourth-order valence-electron chi connectivity index (χ4n) is 4.16. The fourth-order valence-corrected chi connectivity index (χ4v) is 4.44. The maximum atomic E-state index is 13.0. The van der Waals surface area contributed by atoms with Crippen LogP contribution in [-0.4, -0.2) is 48.4 Å². The van der Waals surface area contributed by atoms with Crippen molar-refractivity contribution < 1.29 is 33.0 Å². The number of anilines is 1. The van der Waals surface area contributed by atoms with Crippen LogP contribution in [0.4, 0.5) is 14.9 Å². The number of imide groups is 2. The molecular formula is C25H23ClFN3O6. The molecule has 2 aliphatic rings. The van der Waals surface area contributed by atoms with Crippen LogP contribution in [0.2, 0.25) is 5.02 Å². The number of hydrogen-bond donors (Lipinski definition) is 2. The minimum atomic E-state index is -0.799. The second kappa shape index (κ2) is 10.8. The number of carbonyl (C=O) groups excluding carboxylic acids is 4. The molecule has 0 radical (unpaired) electrons. The van der Waals surface area contributed by atoms with Gasteiger partial charge in [0.2, 0.25) is 0 Å². The van der Waals surface area contributed by atoms with E-state index in [1.54, 1.807) is 0 Å². The molecule has 0 unspecified atom stereocenters. The van der Waals surface area contributed by atoms with Gasteiger partial charge >= 0.3 is 6.03 Å². The number of rotatable bonds is 7. The molecule has 4 rings (SSSR count). The Morgan fingerprint density at radius 3 is 2.56 bits per heavy atom. The number of nitrogens with zero attached hydrogens (tertiary/aromatic N) is 1. The molecule has 1 aliphatic heterocycles. The summed E-state index contributed by atoms with van der Waals surface area (Å²) in [7, 11) is 1.37. The average molecular weight is 516 g/mol. The fraction of sp³-hybridized carbons (Fsp3) is 0.280. The summed E-state index contributed by atoms with van der Waals surface area (Å²) in [5.74, 6) is -2.15. The van der Waals surface area contributed by atoms with E-state index in [-0.39, 0.29) is 28.1 Å². The van der Waals surface area contributed by atoms with E-state index in [0.29, 0.717) is 24.1 Å². The molecule has 5 amide bonds. The zero-order valence-corrected chi connectivity index (χ0v) is 20.1. The van der Waals surface area contributed by atoms with Crippen molar-refractivity contribution in [3.8, 4) is 11.5 Å². The molecule has 188 valence electrons. The Bertz CT molecular complexity index is 1240. The topological polar surface area (TPSA) is 114 Å².